The Hall–Kier alpha value is -1.16. The van der Waals surface area contributed by atoms with Crippen LogP contribution in [0.25, 0.3) is 0 Å². The van der Waals surface area contributed by atoms with Gasteiger partial charge in [0.15, 0.2) is 5.78 Å². The van der Waals surface area contributed by atoms with E-state index in [0.717, 1.165) is 0 Å². The van der Waals surface area contributed by atoms with E-state index in [4.69, 9.17) is 5.11 Å². The fourth-order valence-electron chi connectivity index (χ4n) is 1.06. The van der Waals surface area contributed by atoms with E-state index in [1.54, 1.807) is 12.1 Å². The summed E-state index contributed by atoms with van der Waals surface area (Å²) in [4.78, 5) is 22.0. The molecule has 0 saturated carbocycles. The van der Waals surface area contributed by atoms with E-state index < -0.39 is 5.97 Å². The maximum atomic E-state index is 11.4. The summed E-state index contributed by atoms with van der Waals surface area (Å²) >= 11 is 3.16. The maximum absolute atomic E-state index is 11.4. The van der Waals surface area contributed by atoms with Crippen molar-refractivity contribution < 1.29 is 14.7 Å². The molecule has 1 aromatic rings. The summed E-state index contributed by atoms with van der Waals surface area (Å²) in [5.74, 6) is -1.07. The van der Waals surface area contributed by atoms with Crippen molar-refractivity contribution in [1.82, 2.24) is 0 Å². The van der Waals surface area contributed by atoms with Crippen LogP contribution < -0.4 is 0 Å². The van der Waals surface area contributed by atoms with Crippen LogP contribution in [0.3, 0.4) is 0 Å². The van der Waals surface area contributed by atoms with E-state index in [1.165, 1.54) is 12.1 Å². The molecule has 1 aromatic carbocycles. The first-order chi connectivity index (χ1) is 6.65. The van der Waals surface area contributed by atoms with Gasteiger partial charge in [0, 0.05) is 17.3 Å². The molecule has 0 aromatic heterocycles. The number of benzene rings is 1. The highest BCUT2D eigenvalue weighted by molar-refractivity contribution is 9.09. The lowest BCUT2D eigenvalue weighted by Gasteiger charge is -1.99. The van der Waals surface area contributed by atoms with Crippen LogP contribution in [-0.4, -0.2) is 22.2 Å². The molecule has 0 heterocycles. The number of carbonyl (C=O) groups excluding carboxylic acids is 1. The van der Waals surface area contributed by atoms with Crippen molar-refractivity contribution in [2.75, 3.05) is 5.33 Å². The zero-order valence-corrected chi connectivity index (χ0v) is 8.95. The van der Waals surface area contributed by atoms with Crippen molar-refractivity contribution in [3.63, 3.8) is 0 Å². The van der Waals surface area contributed by atoms with Crippen molar-refractivity contribution >= 4 is 27.7 Å². The summed E-state index contributed by atoms with van der Waals surface area (Å²) in [6.45, 7) is 0. The van der Waals surface area contributed by atoms with Crippen LogP contribution in [0.15, 0.2) is 24.3 Å². The van der Waals surface area contributed by atoms with E-state index in [0.29, 0.717) is 17.3 Å². The van der Waals surface area contributed by atoms with Crippen LogP contribution in [0, 0.1) is 0 Å². The topological polar surface area (TPSA) is 54.4 Å². The lowest BCUT2D eigenvalue weighted by atomic mass is 10.1. The second kappa shape index (κ2) is 4.91. The van der Waals surface area contributed by atoms with Gasteiger partial charge in [0.1, 0.15) is 0 Å². The molecule has 0 radical (unpaired) electrons. The second-order valence-electron chi connectivity index (χ2n) is 2.75. The number of carbonyl (C=O) groups is 2. The number of ketones is 1. The summed E-state index contributed by atoms with van der Waals surface area (Å²) in [7, 11) is 0. The lowest BCUT2D eigenvalue weighted by molar-refractivity contribution is 0.0697. The Morgan fingerprint density at radius 2 is 1.93 bits per heavy atom. The summed E-state index contributed by atoms with van der Waals surface area (Å²) < 4.78 is 0. The zero-order chi connectivity index (χ0) is 10.6. The molecule has 0 spiro atoms. The van der Waals surface area contributed by atoms with Crippen molar-refractivity contribution in [3.05, 3.63) is 35.4 Å². The van der Waals surface area contributed by atoms with Crippen LogP contribution in [0.5, 0.6) is 0 Å². The highest BCUT2D eigenvalue weighted by atomic mass is 79.9. The Kier molecular flexibility index (Phi) is 3.83. The predicted molar refractivity (Wildman–Crippen MR) is 56.1 cm³/mol. The van der Waals surface area contributed by atoms with Gasteiger partial charge in [-0.3, -0.25) is 4.79 Å². The quantitative estimate of drug-likeness (QED) is 0.665. The van der Waals surface area contributed by atoms with Crippen molar-refractivity contribution in [3.8, 4) is 0 Å². The van der Waals surface area contributed by atoms with Gasteiger partial charge in [-0.05, 0) is 12.1 Å². The minimum Gasteiger partial charge on any atom is -0.478 e. The molecule has 1 rings (SSSR count). The Balaban J connectivity index is 2.93. The standard InChI is InChI=1S/C10H9BrO3/c11-5-4-9(12)7-2-1-3-8(6-7)10(13)14/h1-3,6H,4-5H2,(H,13,14). The van der Waals surface area contributed by atoms with E-state index >= 15 is 0 Å². The molecule has 0 fully saturated rings. The number of aromatic carboxylic acids is 1. The fourth-order valence-corrected chi connectivity index (χ4v) is 1.42. The molecule has 0 saturated heterocycles. The summed E-state index contributed by atoms with van der Waals surface area (Å²) in [5.41, 5.74) is 0.592. The van der Waals surface area contributed by atoms with E-state index in [1.807, 2.05) is 0 Å². The van der Waals surface area contributed by atoms with Crippen molar-refractivity contribution in [2.24, 2.45) is 0 Å². The van der Waals surface area contributed by atoms with E-state index in [2.05, 4.69) is 15.9 Å². The second-order valence-corrected chi connectivity index (χ2v) is 3.54. The summed E-state index contributed by atoms with van der Waals surface area (Å²) in [6.07, 6.45) is 0.378. The Morgan fingerprint density at radius 3 is 2.50 bits per heavy atom. The van der Waals surface area contributed by atoms with Crippen LogP contribution in [-0.2, 0) is 0 Å². The molecule has 0 aliphatic rings. The number of hydrogen-bond donors (Lipinski definition) is 1. The van der Waals surface area contributed by atoms with Gasteiger partial charge in [0.25, 0.3) is 0 Å². The predicted octanol–water partition coefficient (Wildman–Crippen LogP) is 2.35. The monoisotopic (exact) mass is 256 g/mol. The molecule has 1 N–H and O–H groups in total. The van der Waals surface area contributed by atoms with Crippen LogP contribution in [0.2, 0.25) is 0 Å². The summed E-state index contributed by atoms with van der Waals surface area (Å²) in [6, 6.07) is 6.06. The molecule has 4 heteroatoms. The first-order valence-corrected chi connectivity index (χ1v) is 5.20. The van der Waals surface area contributed by atoms with Gasteiger partial charge in [-0.2, -0.15) is 0 Å². The Morgan fingerprint density at radius 1 is 1.29 bits per heavy atom. The summed E-state index contributed by atoms with van der Waals surface area (Å²) in [5, 5.41) is 9.29. The zero-order valence-electron chi connectivity index (χ0n) is 7.37. The van der Waals surface area contributed by atoms with Gasteiger partial charge < -0.3 is 5.11 Å². The third-order valence-electron chi connectivity index (χ3n) is 1.75. The molecule has 14 heavy (non-hydrogen) atoms. The van der Waals surface area contributed by atoms with Gasteiger partial charge in [-0.1, -0.05) is 28.1 Å². The average molecular weight is 257 g/mol. The number of hydrogen-bond acceptors (Lipinski definition) is 2. The molecule has 3 nitrogen and oxygen atoms in total. The smallest absolute Gasteiger partial charge is 0.335 e. The first-order valence-electron chi connectivity index (χ1n) is 4.07. The third-order valence-corrected chi connectivity index (χ3v) is 2.15. The molecule has 0 bridgehead atoms. The van der Waals surface area contributed by atoms with Gasteiger partial charge in [-0.15, -0.1) is 0 Å². The Bertz CT molecular complexity index is 360. The molecule has 0 atom stereocenters. The minimum absolute atomic E-state index is 0.0509. The maximum Gasteiger partial charge on any atom is 0.335 e. The van der Waals surface area contributed by atoms with Crippen LogP contribution in [0.4, 0.5) is 0 Å². The number of halogens is 1. The lowest BCUT2D eigenvalue weighted by Crippen LogP contribution is -2.03. The van der Waals surface area contributed by atoms with E-state index in [-0.39, 0.29) is 11.3 Å². The molecular formula is C10H9BrO3. The van der Waals surface area contributed by atoms with Gasteiger partial charge >= 0.3 is 5.97 Å². The van der Waals surface area contributed by atoms with Gasteiger partial charge in [0.05, 0.1) is 5.56 Å². The van der Waals surface area contributed by atoms with Gasteiger partial charge in [-0.25, -0.2) is 4.79 Å². The molecule has 0 amide bonds. The average Bonchev–Trinajstić information content (AvgIpc) is 2.18. The number of rotatable bonds is 4. The molecule has 74 valence electrons. The first kappa shape index (κ1) is 10.9. The van der Waals surface area contributed by atoms with Crippen molar-refractivity contribution in [1.29, 1.82) is 0 Å². The number of carboxylic acid groups (broad SMARTS) is 1. The normalized spacial score (nSPS) is 9.79. The number of carboxylic acids is 1. The third kappa shape index (κ3) is 2.67. The SMILES string of the molecule is O=C(O)c1cccc(C(=O)CCBr)c1. The minimum atomic E-state index is -1.02. The molecule has 0 aliphatic heterocycles. The number of alkyl halides is 1. The fraction of sp³-hybridized carbons (Fsp3) is 0.200. The molecular weight excluding hydrogens is 248 g/mol. The molecule has 0 aliphatic carbocycles. The van der Waals surface area contributed by atoms with E-state index in [9.17, 15) is 9.59 Å². The van der Waals surface area contributed by atoms with Crippen LogP contribution in [0.1, 0.15) is 27.1 Å². The highest BCUT2D eigenvalue weighted by Crippen LogP contribution is 2.08. The van der Waals surface area contributed by atoms with Crippen molar-refractivity contribution in [2.45, 2.75) is 6.42 Å². The largest absolute Gasteiger partial charge is 0.478 e. The van der Waals surface area contributed by atoms with Gasteiger partial charge in [0.2, 0.25) is 0 Å². The Labute approximate surface area is 89.9 Å². The molecule has 0 unspecified atom stereocenters. The highest BCUT2D eigenvalue weighted by Gasteiger charge is 2.08. The van der Waals surface area contributed by atoms with Crippen LogP contribution >= 0.6 is 15.9 Å². The number of Topliss-reactive ketones (excluding diaryl/α,β-unsaturated/α-hetero) is 1.